The number of hydrogen-bond acceptors (Lipinski definition) is 3. The summed E-state index contributed by atoms with van der Waals surface area (Å²) in [5.74, 6) is -0.169. The second-order valence-electron chi connectivity index (χ2n) is 3.99. The first-order valence-corrected chi connectivity index (χ1v) is 6.69. The molecule has 7 heteroatoms. The number of nitrogens with one attached hydrogen (secondary N) is 1. The van der Waals surface area contributed by atoms with Gasteiger partial charge in [-0.3, -0.25) is 9.10 Å². The molecule has 0 aliphatic heterocycles. The standard InChI is InChI=1S/C11H17N3O3S/c1-9(15)12-10-5-7-11(8-6-10)14(4)18(16,17)13(2)3/h5-8H,1-4H3,(H,12,15). The first-order chi connectivity index (χ1) is 8.25. The highest BCUT2D eigenvalue weighted by Gasteiger charge is 2.20. The van der Waals surface area contributed by atoms with Crippen molar-refractivity contribution in [1.82, 2.24) is 4.31 Å². The van der Waals surface area contributed by atoms with Crippen LogP contribution in [0.1, 0.15) is 6.92 Å². The van der Waals surface area contributed by atoms with Crippen LogP contribution in [0.25, 0.3) is 0 Å². The van der Waals surface area contributed by atoms with Gasteiger partial charge in [-0.15, -0.1) is 0 Å². The van der Waals surface area contributed by atoms with Crippen molar-refractivity contribution in [2.45, 2.75) is 6.92 Å². The maximum Gasteiger partial charge on any atom is 0.303 e. The number of rotatable bonds is 4. The number of carbonyl (C=O) groups excluding carboxylic acids is 1. The lowest BCUT2D eigenvalue weighted by atomic mass is 10.3. The zero-order chi connectivity index (χ0) is 13.9. The molecular weight excluding hydrogens is 254 g/mol. The molecule has 0 aromatic heterocycles. The second kappa shape index (κ2) is 5.36. The van der Waals surface area contributed by atoms with Crippen molar-refractivity contribution in [2.75, 3.05) is 30.8 Å². The molecule has 6 nitrogen and oxygen atoms in total. The zero-order valence-corrected chi connectivity index (χ0v) is 11.7. The van der Waals surface area contributed by atoms with Crippen LogP contribution in [0, 0.1) is 0 Å². The van der Waals surface area contributed by atoms with Gasteiger partial charge in [0.1, 0.15) is 0 Å². The summed E-state index contributed by atoms with van der Waals surface area (Å²) in [6, 6.07) is 6.56. The third-order valence-electron chi connectivity index (χ3n) is 2.36. The molecule has 0 aliphatic carbocycles. The molecule has 100 valence electrons. The molecule has 1 amide bonds. The van der Waals surface area contributed by atoms with Crippen LogP contribution < -0.4 is 9.62 Å². The van der Waals surface area contributed by atoms with Crippen LogP contribution in [0.4, 0.5) is 11.4 Å². The van der Waals surface area contributed by atoms with Gasteiger partial charge in [-0.1, -0.05) is 0 Å². The third kappa shape index (κ3) is 3.21. The van der Waals surface area contributed by atoms with Crippen molar-refractivity contribution < 1.29 is 13.2 Å². The van der Waals surface area contributed by atoms with Gasteiger partial charge in [0.25, 0.3) is 0 Å². The van der Waals surface area contributed by atoms with E-state index < -0.39 is 10.2 Å². The van der Waals surface area contributed by atoms with Crippen LogP contribution in [0.2, 0.25) is 0 Å². The molecule has 0 atom stereocenters. The molecule has 0 bridgehead atoms. The van der Waals surface area contributed by atoms with E-state index in [1.807, 2.05) is 0 Å². The van der Waals surface area contributed by atoms with E-state index in [1.165, 1.54) is 32.4 Å². The maximum atomic E-state index is 11.9. The SMILES string of the molecule is CC(=O)Nc1ccc(N(C)S(=O)(=O)N(C)C)cc1. The lowest BCUT2D eigenvalue weighted by Gasteiger charge is -2.23. The molecule has 0 saturated carbocycles. The molecule has 1 aromatic carbocycles. The minimum absolute atomic E-state index is 0.169. The molecule has 1 rings (SSSR count). The highest BCUT2D eigenvalue weighted by molar-refractivity contribution is 7.90. The Bertz CT molecular complexity index is 523. The lowest BCUT2D eigenvalue weighted by Crippen LogP contribution is -2.37. The van der Waals surface area contributed by atoms with Crippen LogP contribution in [0.5, 0.6) is 0 Å². The van der Waals surface area contributed by atoms with Gasteiger partial charge >= 0.3 is 10.2 Å². The van der Waals surface area contributed by atoms with Gasteiger partial charge in [0.15, 0.2) is 0 Å². The van der Waals surface area contributed by atoms with E-state index in [-0.39, 0.29) is 5.91 Å². The summed E-state index contributed by atoms with van der Waals surface area (Å²) in [4.78, 5) is 10.9. The van der Waals surface area contributed by atoms with Crippen LogP contribution >= 0.6 is 0 Å². The number of hydrogen-bond donors (Lipinski definition) is 1. The van der Waals surface area contributed by atoms with Gasteiger partial charge in [0.2, 0.25) is 5.91 Å². The van der Waals surface area contributed by atoms with Crippen molar-refractivity contribution in [3.05, 3.63) is 24.3 Å². The van der Waals surface area contributed by atoms with Crippen LogP contribution in [-0.2, 0) is 15.0 Å². The Hall–Kier alpha value is -1.60. The van der Waals surface area contributed by atoms with E-state index >= 15 is 0 Å². The summed E-state index contributed by atoms with van der Waals surface area (Å²) in [5, 5.41) is 2.62. The smallest absolute Gasteiger partial charge is 0.303 e. The first kappa shape index (κ1) is 14.5. The molecule has 0 radical (unpaired) electrons. The Morgan fingerprint density at radius 2 is 1.61 bits per heavy atom. The number of benzene rings is 1. The fourth-order valence-electron chi connectivity index (χ4n) is 1.34. The van der Waals surface area contributed by atoms with Crippen molar-refractivity contribution in [2.24, 2.45) is 0 Å². The predicted octanol–water partition coefficient (Wildman–Crippen LogP) is 0.888. The fourth-order valence-corrected chi connectivity index (χ4v) is 2.21. The number of amides is 1. The normalized spacial score (nSPS) is 11.4. The van der Waals surface area contributed by atoms with E-state index in [4.69, 9.17) is 0 Å². The Labute approximate surface area is 107 Å². The highest BCUT2D eigenvalue weighted by Crippen LogP contribution is 2.20. The average molecular weight is 271 g/mol. The summed E-state index contributed by atoms with van der Waals surface area (Å²) in [7, 11) is 0.928. The monoisotopic (exact) mass is 271 g/mol. The van der Waals surface area contributed by atoms with Crippen LogP contribution in [0.3, 0.4) is 0 Å². The molecule has 0 saturated heterocycles. The van der Waals surface area contributed by atoms with Gasteiger partial charge in [-0.2, -0.15) is 12.7 Å². The second-order valence-corrected chi connectivity index (χ2v) is 6.16. The predicted molar refractivity (Wildman–Crippen MR) is 71.8 cm³/mol. The highest BCUT2D eigenvalue weighted by atomic mass is 32.2. The van der Waals surface area contributed by atoms with E-state index in [2.05, 4.69) is 5.32 Å². The Kier molecular flexibility index (Phi) is 4.31. The van der Waals surface area contributed by atoms with Gasteiger partial charge in [0.05, 0.1) is 5.69 Å². The van der Waals surface area contributed by atoms with E-state index in [9.17, 15) is 13.2 Å². The van der Waals surface area contributed by atoms with Crippen molar-refractivity contribution in [3.63, 3.8) is 0 Å². The van der Waals surface area contributed by atoms with Gasteiger partial charge < -0.3 is 5.32 Å². The van der Waals surface area contributed by atoms with Crippen molar-refractivity contribution in [3.8, 4) is 0 Å². The minimum Gasteiger partial charge on any atom is -0.326 e. The number of anilines is 2. The summed E-state index contributed by atoms with van der Waals surface area (Å²) in [5.41, 5.74) is 1.15. The summed E-state index contributed by atoms with van der Waals surface area (Å²) >= 11 is 0. The quantitative estimate of drug-likeness (QED) is 0.884. The molecular formula is C11H17N3O3S. The van der Waals surface area contributed by atoms with Gasteiger partial charge in [-0.05, 0) is 24.3 Å². The summed E-state index contributed by atoms with van der Waals surface area (Å²) in [6.07, 6.45) is 0. The maximum absolute atomic E-state index is 11.9. The van der Waals surface area contributed by atoms with Gasteiger partial charge in [-0.25, -0.2) is 0 Å². The summed E-state index contributed by atoms with van der Waals surface area (Å²) < 4.78 is 26.1. The minimum atomic E-state index is -3.49. The molecule has 1 N–H and O–H groups in total. The summed E-state index contributed by atoms with van der Waals surface area (Å²) in [6.45, 7) is 1.41. The number of nitrogens with zero attached hydrogens (tertiary/aromatic N) is 2. The average Bonchev–Trinajstić information content (AvgIpc) is 2.28. The van der Waals surface area contributed by atoms with E-state index in [0.29, 0.717) is 11.4 Å². The molecule has 0 unspecified atom stereocenters. The molecule has 0 heterocycles. The zero-order valence-electron chi connectivity index (χ0n) is 10.8. The molecule has 1 aromatic rings. The Morgan fingerprint density at radius 1 is 1.11 bits per heavy atom. The van der Waals surface area contributed by atoms with Crippen LogP contribution in [0.15, 0.2) is 24.3 Å². The van der Waals surface area contributed by atoms with Crippen molar-refractivity contribution >= 4 is 27.5 Å². The largest absolute Gasteiger partial charge is 0.326 e. The van der Waals surface area contributed by atoms with Crippen LogP contribution in [-0.4, -0.2) is 39.8 Å². The lowest BCUT2D eigenvalue weighted by molar-refractivity contribution is -0.114. The van der Waals surface area contributed by atoms with Gasteiger partial charge in [0, 0.05) is 33.8 Å². The molecule has 0 fully saturated rings. The fraction of sp³-hybridized carbons (Fsp3) is 0.364. The Morgan fingerprint density at radius 3 is 2.00 bits per heavy atom. The van der Waals surface area contributed by atoms with E-state index in [0.717, 1.165) is 4.31 Å². The molecule has 0 spiro atoms. The third-order valence-corrected chi connectivity index (χ3v) is 4.18. The van der Waals surface area contributed by atoms with Crippen molar-refractivity contribution in [1.29, 1.82) is 0 Å². The topological polar surface area (TPSA) is 69.7 Å². The first-order valence-electron chi connectivity index (χ1n) is 5.29. The number of carbonyl (C=O) groups is 1. The molecule has 18 heavy (non-hydrogen) atoms. The Balaban J connectivity index is 2.95. The molecule has 0 aliphatic rings. The van der Waals surface area contributed by atoms with E-state index in [1.54, 1.807) is 24.3 Å².